The van der Waals surface area contributed by atoms with Crippen LogP contribution in [0.1, 0.15) is 127 Å². The molecule has 37 heavy (non-hydrogen) atoms. The largest absolute Gasteiger partial charge is 0.255 e. The molecule has 2 aromatic rings. The van der Waals surface area contributed by atoms with E-state index in [0.29, 0.717) is 0 Å². The molecule has 0 atom stereocenters. The molecule has 0 aromatic heterocycles. The maximum atomic E-state index is 4.72. The zero-order valence-corrected chi connectivity index (χ0v) is 25.7. The Hall–Kier alpha value is -1.56. The van der Waals surface area contributed by atoms with Crippen molar-refractivity contribution in [3.8, 4) is 0 Å². The molecule has 2 nitrogen and oxygen atoms in total. The van der Waals surface area contributed by atoms with Gasteiger partial charge in [0.25, 0.3) is 0 Å². The zero-order chi connectivity index (χ0) is 25.8. The van der Waals surface area contributed by atoms with Gasteiger partial charge in [-0.2, -0.15) is 0 Å². The summed E-state index contributed by atoms with van der Waals surface area (Å²) in [5.41, 5.74) is 8.09. The van der Waals surface area contributed by atoms with Crippen molar-refractivity contribution in [2.75, 3.05) is 0 Å². The first-order chi connectivity index (χ1) is 17.7. The minimum absolute atomic E-state index is 0. The summed E-state index contributed by atoms with van der Waals surface area (Å²) in [6, 6.07) is 13.6. The maximum absolute atomic E-state index is 4.72. The zero-order valence-electron chi connectivity index (χ0n) is 24.1. The predicted octanol–water partition coefficient (Wildman–Crippen LogP) is 10.7. The summed E-state index contributed by atoms with van der Waals surface area (Å²) in [5, 5.41) is 0. The van der Waals surface area contributed by atoms with Crippen LogP contribution in [-0.2, 0) is 46.1 Å². The summed E-state index contributed by atoms with van der Waals surface area (Å²) < 4.78 is 0. The number of rotatable bonds is 19. The Morgan fingerprint density at radius 1 is 0.459 bits per heavy atom. The molecule has 0 fully saturated rings. The van der Waals surface area contributed by atoms with E-state index in [4.69, 9.17) is 9.98 Å². The van der Waals surface area contributed by atoms with Crippen LogP contribution in [0.5, 0.6) is 0 Å². The van der Waals surface area contributed by atoms with E-state index >= 15 is 0 Å². The van der Waals surface area contributed by atoms with Crippen LogP contribution < -0.4 is 0 Å². The minimum atomic E-state index is 0. The molecule has 0 saturated heterocycles. The topological polar surface area (TPSA) is 24.7 Å². The molecule has 0 spiro atoms. The Kier molecular flexibility index (Phi) is 19.3. The van der Waals surface area contributed by atoms with E-state index in [0.717, 1.165) is 24.2 Å². The van der Waals surface area contributed by atoms with Crippen molar-refractivity contribution in [2.24, 2.45) is 9.98 Å². The molecule has 0 aliphatic rings. The van der Waals surface area contributed by atoms with Gasteiger partial charge >= 0.3 is 0 Å². The molecule has 0 bridgehead atoms. The number of hydrogen-bond acceptors (Lipinski definition) is 2. The molecule has 0 saturated carbocycles. The molecule has 0 radical (unpaired) electrons. The summed E-state index contributed by atoms with van der Waals surface area (Å²) >= 11 is 0. The number of hydrogen-bond donors (Lipinski definition) is 0. The molecule has 0 aliphatic carbocycles. The van der Waals surface area contributed by atoms with Crippen molar-refractivity contribution in [3.05, 3.63) is 58.7 Å². The van der Waals surface area contributed by atoms with Gasteiger partial charge < -0.3 is 0 Å². The van der Waals surface area contributed by atoms with E-state index in [9.17, 15) is 0 Å². The van der Waals surface area contributed by atoms with E-state index in [1.165, 1.54) is 112 Å². The van der Waals surface area contributed by atoms with Gasteiger partial charge in [-0.1, -0.05) is 91.2 Å². The van der Waals surface area contributed by atoms with Gasteiger partial charge in [0.15, 0.2) is 0 Å². The van der Waals surface area contributed by atoms with Crippen LogP contribution in [-0.4, -0.2) is 12.4 Å². The fourth-order valence-corrected chi connectivity index (χ4v) is 4.84. The Labute approximate surface area is 242 Å². The number of nitrogens with zero attached hydrogens (tertiary/aromatic N) is 2. The van der Waals surface area contributed by atoms with E-state index in [-0.39, 0.29) is 20.4 Å². The van der Waals surface area contributed by atoms with E-state index in [1.807, 2.05) is 12.4 Å². The van der Waals surface area contributed by atoms with Crippen molar-refractivity contribution in [1.29, 1.82) is 0 Å². The summed E-state index contributed by atoms with van der Waals surface area (Å²) in [6.07, 6.45) is 23.8. The second-order valence-corrected chi connectivity index (χ2v) is 10.3. The number of aryl methyl sites for hydroxylation is 4. The number of benzene rings is 2. The number of aliphatic imine (C=N–C) groups is 2. The molecular weight excluding hydrogens is 543 g/mol. The van der Waals surface area contributed by atoms with Gasteiger partial charge in [0.2, 0.25) is 0 Å². The Bertz CT molecular complexity index is 841. The molecule has 2 aromatic carbocycles. The number of unbranched alkanes of at least 4 members (excludes halogenated alkanes) is 8. The van der Waals surface area contributed by atoms with Gasteiger partial charge in [-0.05, 0) is 97.9 Å². The third kappa shape index (κ3) is 13.7. The van der Waals surface area contributed by atoms with Crippen LogP contribution >= 0.6 is 0 Å². The average molecular weight is 595 g/mol. The van der Waals surface area contributed by atoms with Gasteiger partial charge in [0.1, 0.15) is 0 Å². The molecule has 208 valence electrons. The first-order valence-corrected chi connectivity index (χ1v) is 15.0. The minimum Gasteiger partial charge on any atom is -0.255 e. The van der Waals surface area contributed by atoms with Crippen LogP contribution in [0.3, 0.4) is 0 Å². The molecule has 2 rings (SSSR count). The quantitative estimate of drug-likeness (QED) is 0.0878. The summed E-state index contributed by atoms with van der Waals surface area (Å²) in [6.45, 7) is 9.10. The first kappa shape index (κ1) is 33.5. The van der Waals surface area contributed by atoms with Gasteiger partial charge in [0, 0.05) is 32.9 Å². The average Bonchev–Trinajstić information content (AvgIpc) is 2.89. The Morgan fingerprint density at radius 3 is 1.11 bits per heavy atom. The van der Waals surface area contributed by atoms with Crippen molar-refractivity contribution in [3.63, 3.8) is 0 Å². The monoisotopic (exact) mass is 594 g/mol. The SMILES string of the molecule is CCCCCc1ccc(N=CC=Nc2ccc(CCCCC)c(CCCCC)c2)cc1CCCCC.[Pd]. The van der Waals surface area contributed by atoms with Crippen molar-refractivity contribution < 1.29 is 20.4 Å². The summed E-state index contributed by atoms with van der Waals surface area (Å²) in [7, 11) is 0. The first-order valence-electron chi connectivity index (χ1n) is 15.0. The molecule has 0 heterocycles. The molecule has 3 heteroatoms. The van der Waals surface area contributed by atoms with Gasteiger partial charge in [-0.15, -0.1) is 0 Å². The second-order valence-electron chi connectivity index (χ2n) is 10.3. The van der Waals surface area contributed by atoms with Crippen LogP contribution in [0, 0.1) is 0 Å². The van der Waals surface area contributed by atoms with E-state index < -0.39 is 0 Å². The second kappa shape index (κ2) is 21.4. The smallest absolute Gasteiger partial charge is 0.0633 e. The summed E-state index contributed by atoms with van der Waals surface area (Å²) in [5.74, 6) is 0. The molecular formula is C34H52N2Pd. The fourth-order valence-electron chi connectivity index (χ4n) is 4.84. The van der Waals surface area contributed by atoms with E-state index in [2.05, 4.69) is 64.1 Å². The maximum Gasteiger partial charge on any atom is 0.0633 e. The molecule has 0 unspecified atom stereocenters. The predicted molar refractivity (Wildman–Crippen MR) is 162 cm³/mol. The fraction of sp³-hybridized carbons (Fsp3) is 0.588. The molecule has 0 aliphatic heterocycles. The van der Waals surface area contributed by atoms with E-state index in [1.54, 1.807) is 0 Å². The van der Waals surface area contributed by atoms with Crippen LogP contribution in [0.4, 0.5) is 11.4 Å². The third-order valence-corrected chi connectivity index (χ3v) is 7.09. The molecule has 0 N–H and O–H groups in total. The molecule has 0 amide bonds. The normalized spacial score (nSPS) is 11.5. The van der Waals surface area contributed by atoms with Crippen molar-refractivity contribution in [1.82, 2.24) is 0 Å². The summed E-state index contributed by atoms with van der Waals surface area (Å²) in [4.78, 5) is 9.45. The van der Waals surface area contributed by atoms with Crippen molar-refractivity contribution >= 4 is 23.8 Å². The van der Waals surface area contributed by atoms with Crippen LogP contribution in [0.15, 0.2) is 46.4 Å². The van der Waals surface area contributed by atoms with Gasteiger partial charge in [-0.25, -0.2) is 0 Å². The Morgan fingerprint density at radius 2 is 0.784 bits per heavy atom. The van der Waals surface area contributed by atoms with Gasteiger partial charge in [-0.3, -0.25) is 9.98 Å². The third-order valence-electron chi connectivity index (χ3n) is 7.09. The Balaban J connectivity index is 0.00000684. The van der Waals surface area contributed by atoms with Crippen LogP contribution in [0.2, 0.25) is 0 Å². The standard InChI is InChI=1S/C34H52N2.Pd/c1-5-9-13-17-29-21-23-33(27-31(29)19-15-11-7-3)35-25-26-36-34-24-22-30(18-14-10-6-2)32(28-34)20-16-12-8-4;/h21-28H,5-20H2,1-4H3;. The van der Waals surface area contributed by atoms with Crippen molar-refractivity contribution in [2.45, 2.75) is 130 Å². The van der Waals surface area contributed by atoms with Gasteiger partial charge in [0.05, 0.1) is 11.4 Å². The van der Waals surface area contributed by atoms with Crippen LogP contribution in [0.25, 0.3) is 0 Å².